The van der Waals surface area contributed by atoms with Crippen LogP contribution in [0.5, 0.6) is 11.5 Å². The van der Waals surface area contributed by atoms with Crippen molar-refractivity contribution in [3.63, 3.8) is 0 Å². The van der Waals surface area contributed by atoms with E-state index >= 15 is 0 Å². The molecular formula is C16H16BN3O6. The van der Waals surface area contributed by atoms with Crippen LogP contribution in [0.2, 0.25) is 6.32 Å². The lowest BCUT2D eigenvalue weighted by atomic mass is 9.78. The first-order valence-electron chi connectivity index (χ1n) is 8.29. The number of carbonyl (C=O) groups is 2. The Morgan fingerprint density at radius 2 is 2.15 bits per heavy atom. The highest BCUT2D eigenvalue weighted by Crippen LogP contribution is 2.37. The van der Waals surface area contributed by atoms with Gasteiger partial charge in [0.15, 0.2) is 0 Å². The quantitative estimate of drug-likeness (QED) is 0.725. The number of aliphatic imine (C=N–C) groups is 2. The molecule has 3 heterocycles. The minimum atomic E-state index is -1.19. The Labute approximate surface area is 149 Å². The zero-order valence-electron chi connectivity index (χ0n) is 13.8. The van der Waals surface area contributed by atoms with Crippen molar-refractivity contribution in [2.75, 3.05) is 19.6 Å². The van der Waals surface area contributed by atoms with E-state index in [1.807, 2.05) is 0 Å². The maximum atomic E-state index is 12.1. The van der Waals surface area contributed by atoms with Gasteiger partial charge in [-0.3, -0.25) is 9.79 Å². The summed E-state index contributed by atoms with van der Waals surface area (Å²) in [5, 5.41) is 19.2. The number of carboxylic acids is 1. The Hall–Kier alpha value is -2.88. The minimum Gasteiger partial charge on any atom is -0.535 e. The van der Waals surface area contributed by atoms with E-state index in [4.69, 9.17) is 9.39 Å². The molecular weight excluding hydrogens is 341 g/mol. The monoisotopic (exact) mass is 357 g/mol. The second-order valence-electron chi connectivity index (χ2n) is 6.27. The van der Waals surface area contributed by atoms with Gasteiger partial charge in [-0.1, -0.05) is 6.07 Å². The lowest BCUT2D eigenvalue weighted by Gasteiger charge is -2.38. The average molecular weight is 357 g/mol. The van der Waals surface area contributed by atoms with Crippen LogP contribution < -0.4 is 9.39 Å². The highest BCUT2D eigenvalue weighted by atomic mass is 16.5. The van der Waals surface area contributed by atoms with E-state index in [2.05, 4.69) is 9.98 Å². The van der Waals surface area contributed by atoms with E-state index in [-0.39, 0.29) is 34.9 Å². The number of likely N-dealkylation sites (tertiary alicyclic amines) is 1. The Morgan fingerprint density at radius 3 is 2.85 bits per heavy atom. The zero-order valence-corrected chi connectivity index (χ0v) is 13.8. The first-order chi connectivity index (χ1) is 12.5. The Kier molecular flexibility index (Phi) is 4.11. The van der Waals surface area contributed by atoms with Crippen molar-refractivity contribution in [1.29, 1.82) is 0 Å². The Bertz CT molecular complexity index is 834. The molecule has 26 heavy (non-hydrogen) atoms. The van der Waals surface area contributed by atoms with Crippen molar-refractivity contribution < 1.29 is 29.1 Å². The minimum absolute atomic E-state index is 0.101. The number of aromatic carboxylic acids is 1. The van der Waals surface area contributed by atoms with Crippen molar-refractivity contribution in [2.24, 2.45) is 9.98 Å². The summed E-state index contributed by atoms with van der Waals surface area (Å²) in [6.07, 6.45) is 2.19. The average Bonchev–Trinajstić information content (AvgIpc) is 3.10. The number of amides is 1. The third-order valence-electron chi connectivity index (χ3n) is 4.49. The molecule has 1 saturated heterocycles. The van der Waals surface area contributed by atoms with Crippen LogP contribution in [0, 0.1) is 0 Å². The fourth-order valence-electron chi connectivity index (χ4n) is 3.13. The molecule has 2 N–H and O–H groups in total. The third-order valence-corrected chi connectivity index (χ3v) is 4.49. The maximum Gasteiger partial charge on any atom is 0.522 e. The third kappa shape index (κ3) is 2.92. The molecule has 0 aliphatic carbocycles. The summed E-state index contributed by atoms with van der Waals surface area (Å²) in [6.45, 7) is 1.07. The van der Waals surface area contributed by atoms with Crippen molar-refractivity contribution in [2.45, 2.75) is 18.8 Å². The smallest absolute Gasteiger partial charge is 0.522 e. The van der Waals surface area contributed by atoms with E-state index in [1.54, 1.807) is 23.2 Å². The Morgan fingerprint density at radius 1 is 1.35 bits per heavy atom. The molecule has 0 atom stereocenters. The lowest BCUT2D eigenvalue weighted by molar-refractivity contribution is -0.132. The molecule has 1 aromatic carbocycles. The van der Waals surface area contributed by atoms with Crippen molar-refractivity contribution in [1.82, 2.24) is 4.90 Å². The predicted octanol–water partition coefficient (Wildman–Crippen LogP) is -0.127. The molecule has 0 radical (unpaired) electrons. The van der Waals surface area contributed by atoms with Crippen molar-refractivity contribution in [3.8, 4) is 11.5 Å². The van der Waals surface area contributed by atoms with Crippen LogP contribution in [0.4, 0.5) is 0 Å². The lowest BCUT2D eigenvalue weighted by Crippen LogP contribution is -2.57. The predicted molar refractivity (Wildman–Crippen MR) is 92.3 cm³/mol. The number of carboxylic acid groups (broad SMARTS) is 1. The second kappa shape index (κ2) is 6.45. The maximum absolute atomic E-state index is 12.1. The molecule has 0 saturated carbocycles. The fraction of sp³-hybridized carbons (Fsp3) is 0.375. The molecule has 0 spiro atoms. The second-order valence-corrected chi connectivity index (χ2v) is 6.27. The normalized spacial score (nSPS) is 18.7. The SMILES string of the molecule is O=C(O)c1c(OC2CN(C(=O)C3=NCC=N3)C2)ccc2c1OB(O)CC2. The van der Waals surface area contributed by atoms with E-state index < -0.39 is 13.1 Å². The standard InChI is InChI=1S/C16H16BN3O6/c21-15(14-18-5-6-19-14)20-7-10(8-20)25-11-2-1-9-3-4-17(24)26-13(9)12(11)16(22)23/h1-2,5,10,24H,3-4,6-8H2,(H,22,23). The highest BCUT2D eigenvalue weighted by molar-refractivity contribution is 6.44. The molecule has 134 valence electrons. The molecule has 0 aromatic heterocycles. The van der Waals surface area contributed by atoms with E-state index in [0.717, 1.165) is 5.56 Å². The number of aryl methyl sites for hydroxylation is 1. The summed E-state index contributed by atoms with van der Waals surface area (Å²) in [5.74, 6) is -0.943. The van der Waals surface area contributed by atoms with Crippen LogP contribution in [0.3, 0.4) is 0 Å². The van der Waals surface area contributed by atoms with Crippen LogP contribution in [-0.2, 0) is 11.2 Å². The number of hydrogen-bond acceptors (Lipinski definition) is 7. The Balaban J connectivity index is 1.48. The van der Waals surface area contributed by atoms with Crippen LogP contribution in [0.25, 0.3) is 0 Å². The van der Waals surface area contributed by atoms with Crippen molar-refractivity contribution >= 4 is 31.0 Å². The molecule has 0 bridgehead atoms. The van der Waals surface area contributed by atoms with Gasteiger partial charge in [0.2, 0.25) is 5.84 Å². The first kappa shape index (κ1) is 16.6. The number of amidine groups is 1. The molecule has 9 nitrogen and oxygen atoms in total. The molecule has 10 heteroatoms. The molecule has 3 aliphatic rings. The van der Waals surface area contributed by atoms with Gasteiger partial charge in [-0.25, -0.2) is 9.79 Å². The highest BCUT2D eigenvalue weighted by Gasteiger charge is 2.37. The summed E-state index contributed by atoms with van der Waals surface area (Å²) in [7, 11) is -1.03. The number of fused-ring (bicyclic) bond motifs is 1. The number of nitrogens with zero attached hydrogens (tertiary/aromatic N) is 3. The van der Waals surface area contributed by atoms with Gasteiger partial charge in [0, 0.05) is 6.21 Å². The topological polar surface area (TPSA) is 121 Å². The van der Waals surface area contributed by atoms with Crippen LogP contribution >= 0.6 is 0 Å². The van der Waals surface area contributed by atoms with Gasteiger partial charge < -0.3 is 24.4 Å². The van der Waals surface area contributed by atoms with E-state index in [1.165, 1.54) is 0 Å². The zero-order chi connectivity index (χ0) is 18.3. The van der Waals surface area contributed by atoms with Crippen LogP contribution in [-0.4, -0.2) is 71.8 Å². The largest absolute Gasteiger partial charge is 0.535 e. The van der Waals surface area contributed by atoms with Gasteiger partial charge in [-0.15, -0.1) is 0 Å². The molecule has 1 aromatic rings. The van der Waals surface area contributed by atoms with Gasteiger partial charge in [-0.2, -0.15) is 0 Å². The summed E-state index contributed by atoms with van der Waals surface area (Å²) in [5.41, 5.74) is 0.623. The molecule has 1 amide bonds. The number of ether oxygens (including phenoxy) is 1. The van der Waals surface area contributed by atoms with Crippen LogP contribution in [0.1, 0.15) is 15.9 Å². The van der Waals surface area contributed by atoms with Gasteiger partial charge in [0.25, 0.3) is 5.91 Å². The van der Waals surface area contributed by atoms with E-state index in [0.29, 0.717) is 32.4 Å². The van der Waals surface area contributed by atoms with Crippen molar-refractivity contribution in [3.05, 3.63) is 23.3 Å². The number of benzene rings is 1. The first-order valence-corrected chi connectivity index (χ1v) is 8.29. The van der Waals surface area contributed by atoms with Gasteiger partial charge in [0.1, 0.15) is 23.2 Å². The number of carbonyl (C=O) groups excluding carboxylic acids is 1. The summed E-state index contributed by atoms with van der Waals surface area (Å²) < 4.78 is 11.1. The summed E-state index contributed by atoms with van der Waals surface area (Å²) in [4.78, 5) is 33.3. The fourth-order valence-corrected chi connectivity index (χ4v) is 3.13. The van der Waals surface area contributed by atoms with Crippen LogP contribution in [0.15, 0.2) is 22.1 Å². The molecule has 3 aliphatic heterocycles. The molecule has 4 rings (SSSR count). The summed E-state index contributed by atoms with van der Waals surface area (Å²) in [6, 6.07) is 3.34. The molecule has 1 fully saturated rings. The van der Waals surface area contributed by atoms with E-state index in [9.17, 15) is 19.7 Å². The van der Waals surface area contributed by atoms with Gasteiger partial charge in [-0.05, 0) is 24.4 Å². The summed E-state index contributed by atoms with van der Waals surface area (Å²) >= 11 is 0. The van der Waals surface area contributed by atoms with Gasteiger partial charge in [0.05, 0.1) is 19.6 Å². The molecule has 0 unspecified atom stereocenters. The number of hydrogen-bond donors (Lipinski definition) is 2. The van der Waals surface area contributed by atoms with Gasteiger partial charge >= 0.3 is 13.1 Å². The number of rotatable bonds is 4.